The molecule has 0 spiro atoms. The molecule has 64 valence electrons. The molecule has 0 fully saturated rings. The van der Waals surface area contributed by atoms with Crippen LogP contribution in [0.1, 0.15) is 22.3 Å². The van der Waals surface area contributed by atoms with Crippen molar-refractivity contribution >= 4 is 28.8 Å². The highest BCUT2D eigenvalue weighted by Crippen LogP contribution is 2.25. The van der Waals surface area contributed by atoms with E-state index in [0.717, 1.165) is 23.2 Å². The maximum absolute atomic E-state index is 11.3. The molecule has 0 N–H and O–H groups in total. The quantitative estimate of drug-likeness (QED) is 0.502. The Morgan fingerprint density at radius 3 is 3.00 bits per heavy atom. The number of aliphatic imine (C=N–C) groups is 1. The van der Waals surface area contributed by atoms with Gasteiger partial charge in [-0.2, -0.15) is 4.99 Å². The van der Waals surface area contributed by atoms with Gasteiger partial charge in [-0.1, -0.05) is 0 Å². The lowest BCUT2D eigenvalue weighted by atomic mass is 10.1. The first-order valence-electron chi connectivity index (χ1n) is 4.05. The number of thiocarbonyl (C=S) groups is 1. The Morgan fingerprint density at radius 2 is 2.23 bits per heavy atom. The molecular weight excluding hydrogens is 182 g/mol. The van der Waals surface area contributed by atoms with Crippen LogP contribution in [0.25, 0.3) is 0 Å². The van der Waals surface area contributed by atoms with Gasteiger partial charge in [0, 0.05) is 12.0 Å². The summed E-state index contributed by atoms with van der Waals surface area (Å²) in [5.41, 5.74) is 2.70. The second kappa shape index (κ2) is 3.21. The van der Waals surface area contributed by atoms with Gasteiger partial charge in [0.25, 0.3) is 0 Å². The standard InChI is InChI=1S/C10H7NOS/c12-10-4-1-7-5-8(11-6-13)2-3-9(7)10/h2-3,5H,1,4H2. The van der Waals surface area contributed by atoms with E-state index in [1.807, 2.05) is 12.1 Å². The normalized spacial score (nSPS) is 13.7. The molecule has 1 aliphatic carbocycles. The highest BCUT2D eigenvalue weighted by molar-refractivity contribution is 7.78. The van der Waals surface area contributed by atoms with Crippen LogP contribution in [-0.2, 0) is 6.42 Å². The number of nitrogens with zero attached hydrogens (tertiary/aromatic N) is 1. The number of isothiocyanates is 1. The van der Waals surface area contributed by atoms with Gasteiger partial charge in [-0.3, -0.25) is 4.79 Å². The number of aryl methyl sites for hydroxylation is 1. The fraction of sp³-hybridized carbons (Fsp3) is 0.200. The third kappa shape index (κ3) is 1.44. The first-order valence-corrected chi connectivity index (χ1v) is 4.46. The number of benzene rings is 1. The second-order valence-electron chi connectivity index (χ2n) is 2.97. The molecule has 0 aromatic heterocycles. The summed E-state index contributed by atoms with van der Waals surface area (Å²) in [6.45, 7) is 0. The smallest absolute Gasteiger partial charge is 0.163 e. The zero-order valence-corrected chi connectivity index (χ0v) is 7.73. The third-order valence-electron chi connectivity index (χ3n) is 2.19. The van der Waals surface area contributed by atoms with Gasteiger partial charge in [0.1, 0.15) is 0 Å². The van der Waals surface area contributed by atoms with Gasteiger partial charge in [0.05, 0.1) is 10.8 Å². The Kier molecular flexibility index (Phi) is 2.05. The second-order valence-corrected chi connectivity index (χ2v) is 3.15. The fourth-order valence-corrected chi connectivity index (χ4v) is 1.67. The Balaban J connectivity index is 2.50. The van der Waals surface area contributed by atoms with Gasteiger partial charge in [-0.15, -0.1) is 0 Å². The van der Waals surface area contributed by atoms with Gasteiger partial charge in [0.2, 0.25) is 0 Å². The van der Waals surface area contributed by atoms with Gasteiger partial charge in [-0.25, -0.2) is 0 Å². The van der Waals surface area contributed by atoms with Crippen molar-refractivity contribution in [2.45, 2.75) is 12.8 Å². The summed E-state index contributed by atoms with van der Waals surface area (Å²) in [4.78, 5) is 15.1. The summed E-state index contributed by atoms with van der Waals surface area (Å²) in [6.07, 6.45) is 1.45. The van der Waals surface area contributed by atoms with Crippen LogP contribution < -0.4 is 0 Å². The van der Waals surface area contributed by atoms with Crippen LogP contribution in [0.2, 0.25) is 0 Å². The molecule has 0 saturated heterocycles. The van der Waals surface area contributed by atoms with Crippen LogP contribution in [0, 0.1) is 0 Å². The van der Waals surface area contributed by atoms with Crippen molar-refractivity contribution in [2.75, 3.05) is 0 Å². The number of hydrogen-bond acceptors (Lipinski definition) is 3. The summed E-state index contributed by atoms with van der Waals surface area (Å²) < 4.78 is 0. The van der Waals surface area contributed by atoms with Crippen molar-refractivity contribution in [1.29, 1.82) is 0 Å². The number of carbonyl (C=O) groups excluding carboxylic acids is 1. The number of hydrogen-bond donors (Lipinski definition) is 0. The number of carbonyl (C=O) groups is 1. The van der Waals surface area contributed by atoms with E-state index < -0.39 is 0 Å². The molecule has 0 radical (unpaired) electrons. The molecule has 2 rings (SSSR count). The van der Waals surface area contributed by atoms with Crippen LogP contribution in [0.3, 0.4) is 0 Å². The first-order chi connectivity index (χ1) is 6.31. The molecule has 3 heteroatoms. The van der Waals surface area contributed by atoms with Crippen molar-refractivity contribution in [1.82, 2.24) is 0 Å². The summed E-state index contributed by atoms with van der Waals surface area (Å²) in [5.74, 6) is 0.230. The lowest BCUT2D eigenvalue weighted by Gasteiger charge is -1.96. The highest BCUT2D eigenvalue weighted by Gasteiger charge is 2.18. The molecule has 13 heavy (non-hydrogen) atoms. The largest absolute Gasteiger partial charge is 0.294 e. The maximum atomic E-state index is 11.3. The van der Waals surface area contributed by atoms with Crippen molar-refractivity contribution in [3.8, 4) is 0 Å². The predicted molar refractivity (Wildman–Crippen MR) is 53.8 cm³/mol. The molecule has 1 aromatic rings. The highest BCUT2D eigenvalue weighted by atomic mass is 32.1. The fourth-order valence-electron chi connectivity index (χ4n) is 1.56. The minimum Gasteiger partial charge on any atom is -0.294 e. The number of rotatable bonds is 1. The van der Waals surface area contributed by atoms with Crippen LogP contribution >= 0.6 is 12.2 Å². The summed E-state index contributed by atoms with van der Waals surface area (Å²) in [5, 5.41) is 2.31. The molecule has 1 aromatic carbocycles. The van der Waals surface area contributed by atoms with E-state index in [9.17, 15) is 4.79 Å². The monoisotopic (exact) mass is 189 g/mol. The van der Waals surface area contributed by atoms with Gasteiger partial charge < -0.3 is 0 Å². The van der Waals surface area contributed by atoms with E-state index in [0.29, 0.717) is 6.42 Å². The number of ketones is 1. The number of fused-ring (bicyclic) bond motifs is 1. The Morgan fingerprint density at radius 1 is 1.38 bits per heavy atom. The average Bonchev–Trinajstić information content (AvgIpc) is 2.48. The Labute approximate surface area is 81.3 Å². The van der Waals surface area contributed by atoms with E-state index in [2.05, 4.69) is 22.4 Å². The first kappa shape index (κ1) is 8.30. The molecule has 2 nitrogen and oxygen atoms in total. The molecule has 0 aliphatic heterocycles. The van der Waals surface area contributed by atoms with Crippen LogP contribution in [0.15, 0.2) is 23.2 Å². The summed E-state index contributed by atoms with van der Waals surface area (Å²) in [6, 6.07) is 5.51. The molecule has 0 amide bonds. The van der Waals surface area contributed by atoms with E-state index in [1.165, 1.54) is 0 Å². The Hall–Kier alpha value is -1.31. The van der Waals surface area contributed by atoms with Crippen LogP contribution in [-0.4, -0.2) is 10.9 Å². The lowest BCUT2D eigenvalue weighted by molar-refractivity contribution is 0.0994. The third-order valence-corrected chi connectivity index (χ3v) is 2.28. The van der Waals surface area contributed by atoms with Crippen molar-refractivity contribution in [2.24, 2.45) is 4.99 Å². The predicted octanol–water partition coefficient (Wildman–Crippen LogP) is 2.55. The molecule has 0 heterocycles. The van der Waals surface area contributed by atoms with Crippen molar-refractivity contribution in [3.05, 3.63) is 29.3 Å². The topological polar surface area (TPSA) is 29.4 Å². The molecule has 0 atom stereocenters. The van der Waals surface area contributed by atoms with Crippen LogP contribution in [0.5, 0.6) is 0 Å². The molecule has 0 saturated carbocycles. The van der Waals surface area contributed by atoms with Crippen LogP contribution in [0.4, 0.5) is 5.69 Å². The Bertz CT molecular complexity index is 419. The molecule has 0 unspecified atom stereocenters. The average molecular weight is 189 g/mol. The van der Waals surface area contributed by atoms with Gasteiger partial charge >= 0.3 is 0 Å². The zero-order chi connectivity index (χ0) is 9.26. The molecule has 0 bridgehead atoms. The maximum Gasteiger partial charge on any atom is 0.163 e. The number of Topliss-reactive ketones (excluding diaryl/α,β-unsaturated/α-hetero) is 1. The SMILES string of the molecule is O=C1CCc2cc(N=C=S)ccc21. The van der Waals surface area contributed by atoms with E-state index in [4.69, 9.17) is 0 Å². The van der Waals surface area contributed by atoms with E-state index in [-0.39, 0.29) is 5.78 Å². The van der Waals surface area contributed by atoms with E-state index >= 15 is 0 Å². The van der Waals surface area contributed by atoms with E-state index in [1.54, 1.807) is 6.07 Å². The summed E-state index contributed by atoms with van der Waals surface area (Å²) in [7, 11) is 0. The van der Waals surface area contributed by atoms with Gasteiger partial charge in [-0.05, 0) is 42.4 Å². The zero-order valence-electron chi connectivity index (χ0n) is 6.91. The minimum atomic E-state index is 0.230. The van der Waals surface area contributed by atoms with Crippen molar-refractivity contribution in [3.63, 3.8) is 0 Å². The molecule has 1 aliphatic rings. The molecular formula is C10H7NOS. The minimum absolute atomic E-state index is 0.230. The van der Waals surface area contributed by atoms with Crippen molar-refractivity contribution < 1.29 is 4.79 Å². The lowest BCUT2D eigenvalue weighted by Crippen LogP contribution is -1.89. The van der Waals surface area contributed by atoms with Gasteiger partial charge in [0.15, 0.2) is 5.78 Å². The summed E-state index contributed by atoms with van der Waals surface area (Å²) >= 11 is 4.50.